The minimum absolute atomic E-state index is 0.0148. The summed E-state index contributed by atoms with van der Waals surface area (Å²) in [6.07, 6.45) is 3.36. The molecule has 2 rings (SSSR count). The molecule has 0 saturated carbocycles. The van der Waals surface area contributed by atoms with Gasteiger partial charge in [0.1, 0.15) is 11.6 Å². The summed E-state index contributed by atoms with van der Waals surface area (Å²) in [7, 11) is 0. The van der Waals surface area contributed by atoms with E-state index in [0.29, 0.717) is 0 Å². The van der Waals surface area contributed by atoms with Crippen molar-refractivity contribution in [1.82, 2.24) is 4.90 Å². The predicted molar refractivity (Wildman–Crippen MR) is 70.1 cm³/mol. The Morgan fingerprint density at radius 3 is 2.58 bits per heavy atom. The van der Waals surface area contributed by atoms with Crippen LogP contribution in [0.1, 0.15) is 36.5 Å². The van der Waals surface area contributed by atoms with E-state index in [0.717, 1.165) is 44.0 Å². The Morgan fingerprint density at radius 2 is 2.00 bits per heavy atom. The lowest BCUT2D eigenvalue weighted by atomic mass is 9.94. The topological polar surface area (TPSA) is 20.3 Å². The molecule has 0 amide bonds. The van der Waals surface area contributed by atoms with Crippen LogP contribution in [0.25, 0.3) is 0 Å². The van der Waals surface area contributed by atoms with Crippen LogP contribution >= 0.6 is 0 Å². The van der Waals surface area contributed by atoms with Gasteiger partial charge < -0.3 is 0 Å². The fourth-order valence-corrected chi connectivity index (χ4v) is 2.56. The van der Waals surface area contributed by atoms with Crippen molar-refractivity contribution in [2.75, 3.05) is 19.6 Å². The average Bonchev–Trinajstić information content (AvgIpc) is 2.39. The standard InChI is InChI=1S/C15H19F2NO/c1-2-11-5-7-18(8-6-11)10-15(19)13-4-3-12(16)9-14(13)17/h3-4,9,11H,2,5-8,10H2,1H3. The Balaban J connectivity index is 1.94. The number of likely N-dealkylation sites (tertiary alicyclic amines) is 1. The first-order chi connectivity index (χ1) is 9.10. The van der Waals surface area contributed by atoms with Gasteiger partial charge in [0.05, 0.1) is 12.1 Å². The van der Waals surface area contributed by atoms with Crippen LogP contribution < -0.4 is 0 Å². The van der Waals surface area contributed by atoms with E-state index in [1.165, 1.54) is 12.5 Å². The molecule has 0 aliphatic carbocycles. The smallest absolute Gasteiger partial charge is 0.179 e. The highest BCUT2D eigenvalue weighted by atomic mass is 19.1. The number of carbonyl (C=O) groups excluding carboxylic acids is 1. The number of nitrogens with zero attached hydrogens (tertiary/aromatic N) is 1. The molecular formula is C15H19F2NO. The van der Waals surface area contributed by atoms with Gasteiger partial charge in [-0.15, -0.1) is 0 Å². The van der Waals surface area contributed by atoms with Gasteiger partial charge in [0.25, 0.3) is 0 Å². The van der Waals surface area contributed by atoms with E-state index in [4.69, 9.17) is 0 Å². The van der Waals surface area contributed by atoms with E-state index in [2.05, 4.69) is 11.8 Å². The molecule has 1 saturated heterocycles. The van der Waals surface area contributed by atoms with Crippen LogP contribution in [0.4, 0.5) is 8.78 Å². The maximum absolute atomic E-state index is 13.5. The quantitative estimate of drug-likeness (QED) is 0.780. The summed E-state index contributed by atoms with van der Waals surface area (Å²) >= 11 is 0. The first kappa shape index (κ1) is 14.1. The molecule has 1 fully saturated rings. The van der Waals surface area contributed by atoms with Crippen molar-refractivity contribution in [2.45, 2.75) is 26.2 Å². The fourth-order valence-electron chi connectivity index (χ4n) is 2.56. The largest absolute Gasteiger partial charge is 0.296 e. The molecule has 1 aromatic carbocycles. The van der Waals surface area contributed by atoms with Crippen LogP contribution in [0, 0.1) is 17.6 Å². The van der Waals surface area contributed by atoms with Gasteiger partial charge in [-0.25, -0.2) is 8.78 Å². The number of ketones is 1. The van der Waals surface area contributed by atoms with Crippen molar-refractivity contribution in [3.05, 3.63) is 35.4 Å². The second-order valence-corrected chi connectivity index (χ2v) is 5.18. The van der Waals surface area contributed by atoms with Crippen molar-refractivity contribution < 1.29 is 13.6 Å². The molecule has 1 aliphatic rings. The van der Waals surface area contributed by atoms with Crippen molar-refractivity contribution in [2.24, 2.45) is 5.92 Å². The van der Waals surface area contributed by atoms with Gasteiger partial charge in [-0.1, -0.05) is 13.3 Å². The molecule has 1 aromatic rings. The molecule has 4 heteroatoms. The van der Waals surface area contributed by atoms with Crippen LogP contribution in [0.3, 0.4) is 0 Å². The monoisotopic (exact) mass is 267 g/mol. The minimum Gasteiger partial charge on any atom is -0.296 e. The third-order valence-electron chi connectivity index (χ3n) is 3.88. The number of rotatable bonds is 4. The predicted octanol–water partition coefficient (Wildman–Crippen LogP) is 3.27. The van der Waals surface area contributed by atoms with Crippen molar-refractivity contribution in [3.8, 4) is 0 Å². The summed E-state index contributed by atoms with van der Waals surface area (Å²) in [6, 6.07) is 3.11. The third-order valence-corrected chi connectivity index (χ3v) is 3.88. The summed E-state index contributed by atoms with van der Waals surface area (Å²) in [5.41, 5.74) is -0.0148. The highest BCUT2D eigenvalue weighted by molar-refractivity contribution is 5.97. The minimum atomic E-state index is -0.770. The molecule has 0 radical (unpaired) electrons. The maximum atomic E-state index is 13.5. The first-order valence-corrected chi connectivity index (χ1v) is 6.80. The van der Waals surface area contributed by atoms with Crippen LogP contribution in [0.15, 0.2) is 18.2 Å². The number of Topliss-reactive ketones (excluding diaryl/α,β-unsaturated/α-hetero) is 1. The number of benzene rings is 1. The lowest BCUT2D eigenvalue weighted by molar-refractivity contribution is 0.0890. The van der Waals surface area contributed by atoms with E-state index in [1.807, 2.05) is 0 Å². The van der Waals surface area contributed by atoms with Gasteiger partial charge in [-0.05, 0) is 44.0 Å². The van der Waals surface area contributed by atoms with E-state index < -0.39 is 11.6 Å². The molecule has 0 unspecified atom stereocenters. The molecule has 0 bridgehead atoms. The maximum Gasteiger partial charge on any atom is 0.179 e. The fraction of sp³-hybridized carbons (Fsp3) is 0.533. The van der Waals surface area contributed by atoms with Crippen molar-refractivity contribution in [1.29, 1.82) is 0 Å². The zero-order valence-electron chi connectivity index (χ0n) is 11.2. The van der Waals surface area contributed by atoms with E-state index >= 15 is 0 Å². The molecule has 0 atom stereocenters. The Hall–Kier alpha value is -1.29. The number of piperidine rings is 1. The average molecular weight is 267 g/mol. The number of carbonyl (C=O) groups is 1. The molecule has 0 spiro atoms. The summed E-state index contributed by atoms with van der Waals surface area (Å²) in [4.78, 5) is 14.0. The molecule has 2 nitrogen and oxygen atoms in total. The zero-order chi connectivity index (χ0) is 13.8. The lowest BCUT2D eigenvalue weighted by Crippen LogP contribution is -2.37. The van der Waals surface area contributed by atoms with Gasteiger partial charge in [-0.3, -0.25) is 9.69 Å². The van der Waals surface area contributed by atoms with Crippen molar-refractivity contribution >= 4 is 5.78 Å². The Kier molecular flexibility index (Phi) is 4.64. The normalized spacial score (nSPS) is 17.6. The molecule has 19 heavy (non-hydrogen) atoms. The first-order valence-electron chi connectivity index (χ1n) is 6.80. The molecule has 0 aromatic heterocycles. The Labute approximate surface area is 112 Å². The Bertz CT molecular complexity index is 453. The third kappa shape index (κ3) is 3.60. The van der Waals surface area contributed by atoms with Crippen LogP contribution in [-0.4, -0.2) is 30.3 Å². The molecule has 0 N–H and O–H groups in total. The second kappa shape index (κ2) is 6.24. The number of halogens is 2. The number of hydrogen-bond donors (Lipinski definition) is 0. The summed E-state index contributed by atoms with van der Waals surface area (Å²) in [5.74, 6) is -0.951. The van der Waals surface area contributed by atoms with Gasteiger partial charge in [-0.2, -0.15) is 0 Å². The Morgan fingerprint density at radius 1 is 1.32 bits per heavy atom. The lowest BCUT2D eigenvalue weighted by Gasteiger charge is -2.30. The van der Waals surface area contributed by atoms with Gasteiger partial charge in [0.2, 0.25) is 0 Å². The van der Waals surface area contributed by atoms with Gasteiger partial charge in [0, 0.05) is 6.07 Å². The summed E-state index contributed by atoms with van der Waals surface area (Å²) in [6.45, 7) is 4.17. The van der Waals surface area contributed by atoms with Crippen LogP contribution in [-0.2, 0) is 0 Å². The molecule has 104 valence electrons. The SMILES string of the molecule is CCC1CCN(CC(=O)c2ccc(F)cc2F)CC1. The van der Waals surface area contributed by atoms with E-state index in [9.17, 15) is 13.6 Å². The highest BCUT2D eigenvalue weighted by Gasteiger charge is 2.21. The van der Waals surface area contributed by atoms with E-state index in [1.54, 1.807) is 0 Å². The van der Waals surface area contributed by atoms with Crippen molar-refractivity contribution in [3.63, 3.8) is 0 Å². The van der Waals surface area contributed by atoms with Crippen LogP contribution in [0.2, 0.25) is 0 Å². The zero-order valence-corrected chi connectivity index (χ0v) is 11.2. The molecule has 1 aliphatic heterocycles. The molecular weight excluding hydrogens is 248 g/mol. The van der Waals surface area contributed by atoms with Gasteiger partial charge >= 0.3 is 0 Å². The van der Waals surface area contributed by atoms with Crippen LogP contribution in [0.5, 0.6) is 0 Å². The summed E-state index contributed by atoms with van der Waals surface area (Å²) < 4.78 is 26.3. The van der Waals surface area contributed by atoms with E-state index in [-0.39, 0.29) is 17.9 Å². The highest BCUT2D eigenvalue weighted by Crippen LogP contribution is 2.20. The summed E-state index contributed by atoms with van der Waals surface area (Å²) in [5, 5.41) is 0. The number of hydrogen-bond acceptors (Lipinski definition) is 2. The second-order valence-electron chi connectivity index (χ2n) is 5.18. The molecule has 1 heterocycles. The van der Waals surface area contributed by atoms with Gasteiger partial charge in [0.15, 0.2) is 5.78 Å².